The van der Waals surface area contributed by atoms with Crippen LogP contribution in [0.25, 0.3) is 0 Å². The molecule has 0 bridgehead atoms. The van der Waals surface area contributed by atoms with Crippen LogP contribution in [-0.2, 0) is 9.59 Å². The van der Waals surface area contributed by atoms with Crippen molar-refractivity contribution in [3.63, 3.8) is 0 Å². The quantitative estimate of drug-likeness (QED) is 0.707. The first-order valence-corrected chi connectivity index (χ1v) is 11.7. The first-order valence-electron chi connectivity index (χ1n) is 10.1. The minimum Gasteiger partial charge on any atom is -0.351 e. The molecule has 0 heterocycles. The number of hydrogen-bond donors (Lipinski definition) is 2. The standard InChI is InChI=1S/C23H29N2O2P/c1-2-22(26)24-20-15-9-10-16-21(20)25-23(27)17-28(18-11-5-3-6-12-18)19-13-7-4-8-14-19/h3-8,11-14,20-21H,2,9-10,15-17H2,1H3,(H,24,26)(H,25,27)/t20-,21-/m0/s1. The van der Waals surface area contributed by atoms with Crippen LogP contribution in [0.4, 0.5) is 0 Å². The molecule has 3 rings (SSSR count). The van der Waals surface area contributed by atoms with Gasteiger partial charge in [-0.2, -0.15) is 0 Å². The van der Waals surface area contributed by atoms with Crippen molar-refractivity contribution in [2.75, 3.05) is 6.16 Å². The van der Waals surface area contributed by atoms with Crippen LogP contribution in [0, 0.1) is 0 Å². The number of hydrogen-bond acceptors (Lipinski definition) is 2. The Balaban J connectivity index is 1.70. The number of carbonyl (C=O) groups is 2. The highest BCUT2D eigenvalue weighted by Gasteiger charge is 2.28. The monoisotopic (exact) mass is 396 g/mol. The van der Waals surface area contributed by atoms with E-state index in [9.17, 15) is 9.59 Å². The Morgan fingerprint density at radius 1 is 0.821 bits per heavy atom. The van der Waals surface area contributed by atoms with Crippen LogP contribution in [0.15, 0.2) is 60.7 Å². The molecule has 0 aliphatic heterocycles. The number of benzene rings is 2. The molecular weight excluding hydrogens is 367 g/mol. The van der Waals surface area contributed by atoms with Gasteiger partial charge in [-0.05, 0) is 31.4 Å². The molecular formula is C23H29N2O2P. The molecule has 0 spiro atoms. The van der Waals surface area contributed by atoms with Crippen molar-refractivity contribution >= 4 is 30.3 Å². The second kappa shape index (κ2) is 10.4. The third-order valence-corrected chi connectivity index (χ3v) is 7.66. The predicted molar refractivity (Wildman–Crippen MR) is 117 cm³/mol. The fourth-order valence-corrected chi connectivity index (χ4v) is 5.83. The predicted octanol–water partition coefficient (Wildman–Crippen LogP) is 3.07. The molecule has 2 N–H and O–H groups in total. The summed E-state index contributed by atoms with van der Waals surface area (Å²) >= 11 is 0. The second-order valence-corrected chi connectivity index (χ2v) is 9.45. The van der Waals surface area contributed by atoms with Gasteiger partial charge in [-0.3, -0.25) is 9.59 Å². The molecule has 0 radical (unpaired) electrons. The van der Waals surface area contributed by atoms with Gasteiger partial charge in [-0.25, -0.2) is 0 Å². The maximum atomic E-state index is 13.0. The van der Waals surface area contributed by atoms with Gasteiger partial charge in [0.25, 0.3) is 0 Å². The smallest absolute Gasteiger partial charge is 0.225 e. The van der Waals surface area contributed by atoms with Crippen molar-refractivity contribution in [2.45, 2.75) is 51.1 Å². The van der Waals surface area contributed by atoms with Crippen LogP contribution < -0.4 is 21.2 Å². The first-order chi connectivity index (χ1) is 13.7. The van der Waals surface area contributed by atoms with E-state index < -0.39 is 7.92 Å². The lowest BCUT2D eigenvalue weighted by Gasteiger charge is -2.33. The number of nitrogens with one attached hydrogen (secondary N) is 2. The summed E-state index contributed by atoms with van der Waals surface area (Å²) in [5.74, 6) is 0.128. The molecule has 148 valence electrons. The maximum absolute atomic E-state index is 13.0. The number of carbonyl (C=O) groups excluding carboxylic acids is 2. The minimum atomic E-state index is -0.751. The lowest BCUT2D eigenvalue weighted by molar-refractivity contribution is -0.123. The first kappa shape index (κ1) is 20.5. The molecule has 5 heteroatoms. The molecule has 0 unspecified atom stereocenters. The molecule has 0 saturated heterocycles. The number of amides is 2. The summed E-state index contributed by atoms with van der Waals surface area (Å²) in [5.41, 5.74) is 0. The van der Waals surface area contributed by atoms with Gasteiger partial charge in [0.2, 0.25) is 11.8 Å². The topological polar surface area (TPSA) is 58.2 Å². The summed E-state index contributed by atoms with van der Waals surface area (Å²) in [7, 11) is -0.751. The Morgan fingerprint density at radius 2 is 1.29 bits per heavy atom. The zero-order valence-corrected chi connectivity index (χ0v) is 17.3. The molecule has 4 nitrogen and oxygen atoms in total. The van der Waals surface area contributed by atoms with Crippen LogP contribution in [0.1, 0.15) is 39.0 Å². The van der Waals surface area contributed by atoms with Gasteiger partial charge in [0.05, 0.1) is 6.16 Å². The third-order valence-electron chi connectivity index (χ3n) is 5.22. The lowest BCUT2D eigenvalue weighted by atomic mass is 9.90. The van der Waals surface area contributed by atoms with Crippen LogP contribution >= 0.6 is 7.92 Å². The fourth-order valence-electron chi connectivity index (χ4n) is 3.73. The normalized spacial score (nSPS) is 19.2. The van der Waals surface area contributed by atoms with E-state index in [0.29, 0.717) is 12.6 Å². The SMILES string of the molecule is CCC(=O)N[C@H]1CCCC[C@@H]1NC(=O)CP(c1ccccc1)c1ccccc1. The Labute approximate surface area is 168 Å². The van der Waals surface area contributed by atoms with Crippen LogP contribution in [0.2, 0.25) is 0 Å². The molecule has 1 saturated carbocycles. The number of rotatable bonds is 7. The zero-order valence-electron chi connectivity index (χ0n) is 16.4. The third kappa shape index (κ3) is 5.65. The summed E-state index contributed by atoms with van der Waals surface area (Å²) in [5, 5.41) is 8.74. The highest BCUT2D eigenvalue weighted by Crippen LogP contribution is 2.33. The summed E-state index contributed by atoms with van der Waals surface area (Å²) < 4.78 is 0. The summed E-state index contributed by atoms with van der Waals surface area (Å²) in [4.78, 5) is 24.8. The average Bonchev–Trinajstić information content (AvgIpc) is 2.74. The average molecular weight is 396 g/mol. The van der Waals surface area contributed by atoms with Gasteiger partial charge in [-0.1, -0.05) is 80.4 Å². The van der Waals surface area contributed by atoms with Gasteiger partial charge >= 0.3 is 0 Å². The second-order valence-electron chi connectivity index (χ2n) is 7.24. The van der Waals surface area contributed by atoms with E-state index in [0.717, 1.165) is 25.7 Å². The molecule has 2 amide bonds. The highest BCUT2D eigenvalue weighted by atomic mass is 31.1. The van der Waals surface area contributed by atoms with Crippen LogP contribution in [0.5, 0.6) is 0 Å². The molecule has 2 atom stereocenters. The molecule has 1 aliphatic carbocycles. The summed E-state index contributed by atoms with van der Waals surface area (Å²) in [6.45, 7) is 1.86. The summed E-state index contributed by atoms with van der Waals surface area (Å²) in [6, 6.07) is 20.6. The van der Waals surface area contributed by atoms with Gasteiger partial charge in [0, 0.05) is 18.5 Å². The zero-order chi connectivity index (χ0) is 19.8. The molecule has 0 aromatic heterocycles. The minimum absolute atomic E-state index is 0.0279. The molecule has 1 aliphatic rings. The molecule has 2 aromatic carbocycles. The van der Waals surface area contributed by atoms with Crippen molar-refractivity contribution in [3.8, 4) is 0 Å². The van der Waals surface area contributed by atoms with Crippen molar-refractivity contribution in [3.05, 3.63) is 60.7 Å². The van der Waals surface area contributed by atoms with Crippen LogP contribution in [0.3, 0.4) is 0 Å². The van der Waals surface area contributed by atoms with E-state index in [4.69, 9.17) is 0 Å². The highest BCUT2D eigenvalue weighted by molar-refractivity contribution is 7.73. The Hall–Kier alpha value is -2.19. The largest absolute Gasteiger partial charge is 0.351 e. The Bertz CT molecular complexity index is 727. The fraction of sp³-hybridized carbons (Fsp3) is 0.391. The van der Waals surface area contributed by atoms with E-state index in [1.165, 1.54) is 10.6 Å². The lowest BCUT2D eigenvalue weighted by Crippen LogP contribution is -2.53. The molecule has 28 heavy (non-hydrogen) atoms. The van der Waals surface area contributed by atoms with E-state index in [1.807, 2.05) is 43.3 Å². The molecule has 1 fully saturated rings. The maximum Gasteiger partial charge on any atom is 0.225 e. The Morgan fingerprint density at radius 3 is 1.75 bits per heavy atom. The van der Waals surface area contributed by atoms with Crippen molar-refractivity contribution in [2.24, 2.45) is 0 Å². The van der Waals surface area contributed by atoms with Crippen molar-refractivity contribution < 1.29 is 9.59 Å². The Kier molecular flexibility index (Phi) is 7.62. The van der Waals surface area contributed by atoms with Gasteiger partial charge in [0.15, 0.2) is 0 Å². The van der Waals surface area contributed by atoms with Crippen molar-refractivity contribution in [1.29, 1.82) is 0 Å². The van der Waals surface area contributed by atoms with E-state index in [1.54, 1.807) is 0 Å². The van der Waals surface area contributed by atoms with E-state index >= 15 is 0 Å². The van der Waals surface area contributed by atoms with Gasteiger partial charge in [-0.15, -0.1) is 0 Å². The van der Waals surface area contributed by atoms with Crippen LogP contribution in [-0.4, -0.2) is 30.1 Å². The summed E-state index contributed by atoms with van der Waals surface area (Å²) in [6.07, 6.45) is 4.99. The van der Waals surface area contributed by atoms with E-state index in [2.05, 4.69) is 34.9 Å². The van der Waals surface area contributed by atoms with Gasteiger partial charge < -0.3 is 10.6 Å². The van der Waals surface area contributed by atoms with Gasteiger partial charge in [0.1, 0.15) is 0 Å². The van der Waals surface area contributed by atoms with Crippen molar-refractivity contribution in [1.82, 2.24) is 10.6 Å². The van der Waals surface area contributed by atoms with E-state index in [-0.39, 0.29) is 23.9 Å². The molecule has 2 aromatic rings.